The summed E-state index contributed by atoms with van der Waals surface area (Å²) in [7, 11) is 0. The molecule has 1 fully saturated rings. The molecule has 1 aliphatic heterocycles. The molecule has 0 amide bonds. The molecule has 0 saturated carbocycles. The van der Waals surface area contributed by atoms with Crippen molar-refractivity contribution in [3.63, 3.8) is 0 Å². The van der Waals surface area contributed by atoms with Crippen LogP contribution in [0.25, 0.3) is 0 Å². The number of rotatable bonds is 7. The molecule has 0 spiro atoms. The van der Waals surface area contributed by atoms with Gasteiger partial charge in [-0.3, -0.25) is 0 Å². The molecular weight excluding hydrogens is 190 g/mol. The molecule has 2 heteroatoms. The highest BCUT2D eigenvalue weighted by Gasteiger charge is 2.23. The number of hydrogen-bond acceptors (Lipinski definition) is 2. The lowest BCUT2D eigenvalue weighted by molar-refractivity contribution is 0.448. The topological polar surface area (TPSA) is 26.0 Å². The lowest BCUT2D eigenvalue weighted by Gasteiger charge is -2.13. The average Bonchev–Trinajstić information content (AvgIpc) is 2.58. The molecule has 0 aromatic rings. The van der Waals surface area contributed by atoms with E-state index in [0.29, 0.717) is 6.04 Å². The van der Waals surface area contributed by atoms with Crippen LogP contribution < -0.4 is 5.73 Å². The van der Waals surface area contributed by atoms with E-state index in [1.165, 1.54) is 56.5 Å². The van der Waals surface area contributed by atoms with E-state index in [1.807, 2.05) is 11.8 Å². The van der Waals surface area contributed by atoms with E-state index in [4.69, 9.17) is 5.73 Å². The second-order valence-electron chi connectivity index (χ2n) is 4.52. The fourth-order valence-electron chi connectivity index (χ4n) is 2.10. The van der Waals surface area contributed by atoms with Crippen LogP contribution in [-0.4, -0.2) is 17.5 Å². The third kappa shape index (κ3) is 4.70. The monoisotopic (exact) mass is 215 g/mol. The molecule has 0 aliphatic carbocycles. The van der Waals surface area contributed by atoms with Gasteiger partial charge in [0.15, 0.2) is 0 Å². The molecular formula is C12H25NS. The van der Waals surface area contributed by atoms with Crippen molar-refractivity contribution in [2.75, 3.05) is 11.5 Å². The van der Waals surface area contributed by atoms with Crippen LogP contribution in [0.15, 0.2) is 0 Å². The molecule has 0 bridgehead atoms. The Labute approximate surface area is 93.2 Å². The maximum absolute atomic E-state index is 6.02. The normalized spacial score (nSPS) is 27.0. The van der Waals surface area contributed by atoms with Crippen molar-refractivity contribution in [2.24, 2.45) is 11.7 Å². The summed E-state index contributed by atoms with van der Waals surface area (Å²) in [5, 5.41) is 0. The first-order valence-corrected chi connectivity index (χ1v) is 7.33. The first-order valence-electron chi connectivity index (χ1n) is 6.18. The van der Waals surface area contributed by atoms with Crippen molar-refractivity contribution in [1.29, 1.82) is 0 Å². The van der Waals surface area contributed by atoms with Crippen LogP contribution in [-0.2, 0) is 0 Å². The lowest BCUT2D eigenvalue weighted by Crippen LogP contribution is -2.28. The Hall–Kier alpha value is 0.310. The first kappa shape index (κ1) is 12.4. The van der Waals surface area contributed by atoms with Crippen LogP contribution in [0.1, 0.15) is 51.9 Å². The van der Waals surface area contributed by atoms with Gasteiger partial charge < -0.3 is 5.73 Å². The minimum atomic E-state index is 0.496. The molecule has 0 aromatic carbocycles. The molecule has 0 aromatic heterocycles. The number of nitrogens with two attached hydrogens (primary N) is 1. The average molecular weight is 215 g/mol. The second-order valence-corrected chi connectivity index (χ2v) is 5.59. The maximum Gasteiger partial charge on any atom is 0.0166 e. The van der Waals surface area contributed by atoms with Crippen molar-refractivity contribution >= 4 is 11.8 Å². The fourth-order valence-corrected chi connectivity index (χ4v) is 3.50. The molecule has 2 unspecified atom stereocenters. The molecule has 2 atom stereocenters. The van der Waals surface area contributed by atoms with Gasteiger partial charge in [-0.2, -0.15) is 11.8 Å². The van der Waals surface area contributed by atoms with E-state index in [2.05, 4.69) is 6.92 Å². The van der Waals surface area contributed by atoms with Crippen LogP contribution >= 0.6 is 11.8 Å². The van der Waals surface area contributed by atoms with Gasteiger partial charge in [-0.15, -0.1) is 0 Å². The number of unbranched alkanes of at least 4 members (excludes halogenated alkanes) is 5. The van der Waals surface area contributed by atoms with Gasteiger partial charge in [0.05, 0.1) is 0 Å². The molecule has 2 N–H and O–H groups in total. The summed E-state index contributed by atoms with van der Waals surface area (Å²) in [6.07, 6.45) is 9.84. The molecule has 0 radical (unpaired) electrons. The molecule has 1 saturated heterocycles. The zero-order valence-electron chi connectivity index (χ0n) is 9.50. The third-order valence-electron chi connectivity index (χ3n) is 3.18. The van der Waals surface area contributed by atoms with Gasteiger partial charge in [0.2, 0.25) is 0 Å². The van der Waals surface area contributed by atoms with Crippen molar-refractivity contribution < 1.29 is 0 Å². The zero-order chi connectivity index (χ0) is 10.2. The summed E-state index contributed by atoms with van der Waals surface area (Å²) in [5.74, 6) is 3.34. The molecule has 1 rings (SSSR count). The minimum Gasteiger partial charge on any atom is -0.327 e. The van der Waals surface area contributed by atoms with Crippen LogP contribution in [0.4, 0.5) is 0 Å². The highest BCUT2D eigenvalue weighted by molar-refractivity contribution is 7.99. The Bertz CT molecular complexity index is 138. The lowest BCUT2D eigenvalue weighted by atomic mass is 9.96. The molecule has 84 valence electrons. The van der Waals surface area contributed by atoms with Gasteiger partial charge in [-0.1, -0.05) is 45.4 Å². The number of thioether (sulfide) groups is 1. The second kappa shape index (κ2) is 7.58. The van der Waals surface area contributed by atoms with Crippen molar-refractivity contribution in [1.82, 2.24) is 0 Å². The zero-order valence-corrected chi connectivity index (χ0v) is 10.3. The van der Waals surface area contributed by atoms with Crippen LogP contribution in [0.3, 0.4) is 0 Å². The Morgan fingerprint density at radius 2 is 1.79 bits per heavy atom. The summed E-state index contributed by atoms with van der Waals surface area (Å²) in [6.45, 7) is 2.27. The Kier molecular flexibility index (Phi) is 6.70. The smallest absolute Gasteiger partial charge is 0.0166 e. The van der Waals surface area contributed by atoms with E-state index in [-0.39, 0.29) is 0 Å². The van der Waals surface area contributed by atoms with E-state index < -0.39 is 0 Å². The Morgan fingerprint density at radius 1 is 1.07 bits per heavy atom. The molecule has 1 aliphatic rings. The van der Waals surface area contributed by atoms with Crippen LogP contribution in [0.2, 0.25) is 0 Å². The fraction of sp³-hybridized carbons (Fsp3) is 1.00. The Morgan fingerprint density at radius 3 is 2.43 bits per heavy atom. The quantitative estimate of drug-likeness (QED) is 0.659. The van der Waals surface area contributed by atoms with Gasteiger partial charge in [-0.25, -0.2) is 0 Å². The summed E-state index contributed by atoms with van der Waals surface area (Å²) in [4.78, 5) is 0. The molecule has 1 heterocycles. The summed E-state index contributed by atoms with van der Waals surface area (Å²) < 4.78 is 0. The Balaban J connectivity index is 1.88. The number of hydrogen-bond donors (Lipinski definition) is 1. The summed E-state index contributed by atoms with van der Waals surface area (Å²) in [5.41, 5.74) is 6.02. The van der Waals surface area contributed by atoms with Crippen molar-refractivity contribution in [3.05, 3.63) is 0 Å². The van der Waals surface area contributed by atoms with Crippen LogP contribution in [0.5, 0.6) is 0 Å². The van der Waals surface area contributed by atoms with Crippen molar-refractivity contribution in [2.45, 2.75) is 57.9 Å². The van der Waals surface area contributed by atoms with Gasteiger partial charge in [0.25, 0.3) is 0 Å². The van der Waals surface area contributed by atoms with Gasteiger partial charge in [-0.05, 0) is 18.1 Å². The third-order valence-corrected chi connectivity index (χ3v) is 4.46. The van der Waals surface area contributed by atoms with E-state index >= 15 is 0 Å². The maximum atomic E-state index is 6.02. The summed E-state index contributed by atoms with van der Waals surface area (Å²) >= 11 is 2.04. The van der Waals surface area contributed by atoms with E-state index in [9.17, 15) is 0 Å². The highest BCUT2D eigenvalue weighted by Crippen LogP contribution is 2.27. The van der Waals surface area contributed by atoms with Crippen molar-refractivity contribution in [3.8, 4) is 0 Å². The van der Waals surface area contributed by atoms with Gasteiger partial charge >= 0.3 is 0 Å². The SMILES string of the molecule is CCCCCCCCC1CSCC1N. The van der Waals surface area contributed by atoms with E-state index in [1.54, 1.807) is 0 Å². The predicted octanol–water partition coefficient (Wildman–Crippen LogP) is 3.43. The summed E-state index contributed by atoms with van der Waals surface area (Å²) in [6, 6.07) is 0.496. The molecule has 14 heavy (non-hydrogen) atoms. The largest absolute Gasteiger partial charge is 0.327 e. The minimum absolute atomic E-state index is 0.496. The van der Waals surface area contributed by atoms with Gasteiger partial charge in [0, 0.05) is 11.8 Å². The first-order chi connectivity index (χ1) is 6.84. The van der Waals surface area contributed by atoms with E-state index in [0.717, 1.165) is 5.92 Å². The standard InChI is InChI=1S/C12H25NS/c1-2-3-4-5-6-7-8-11-9-14-10-12(11)13/h11-12H,2-10,13H2,1H3. The highest BCUT2D eigenvalue weighted by atomic mass is 32.2. The van der Waals surface area contributed by atoms with Crippen LogP contribution in [0, 0.1) is 5.92 Å². The molecule has 1 nitrogen and oxygen atoms in total. The van der Waals surface area contributed by atoms with Gasteiger partial charge in [0.1, 0.15) is 0 Å². The predicted molar refractivity (Wildman–Crippen MR) is 66.8 cm³/mol.